The molecular weight excluding hydrogens is 454 g/mol. The molecule has 1 aliphatic rings. The van der Waals surface area contributed by atoms with Gasteiger partial charge in [-0.2, -0.15) is 0 Å². The Morgan fingerprint density at radius 2 is 1.58 bits per heavy atom. The van der Waals surface area contributed by atoms with Crippen molar-refractivity contribution in [1.82, 2.24) is 15.2 Å². The number of rotatable bonds is 8. The molecule has 0 spiro atoms. The topological polar surface area (TPSA) is 97.8 Å². The average molecular weight is 488 g/mol. The third-order valence-electron chi connectivity index (χ3n) is 6.13. The molecule has 1 aliphatic heterocycles. The van der Waals surface area contributed by atoms with Crippen LogP contribution in [-0.4, -0.2) is 65.6 Å². The number of pyridine rings is 1. The summed E-state index contributed by atoms with van der Waals surface area (Å²) in [5.74, 6) is 0.562. The van der Waals surface area contributed by atoms with E-state index in [2.05, 4.69) is 34.4 Å². The zero-order chi connectivity index (χ0) is 25.5. The third kappa shape index (κ3) is 6.20. The highest BCUT2D eigenvalue weighted by Crippen LogP contribution is 2.25. The maximum absolute atomic E-state index is 13.1. The minimum atomic E-state index is -0.780. The Kier molecular flexibility index (Phi) is 8.17. The molecule has 3 aromatic rings. The van der Waals surface area contributed by atoms with Crippen LogP contribution in [0.5, 0.6) is 0 Å². The summed E-state index contributed by atoms with van der Waals surface area (Å²) in [6.07, 6.45) is 1.01. The molecule has 188 valence electrons. The summed E-state index contributed by atoms with van der Waals surface area (Å²) in [6.45, 7) is 6.87. The molecule has 2 amide bonds. The molecule has 0 saturated carbocycles. The maximum Gasteiger partial charge on any atom is 0.253 e. The summed E-state index contributed by atoms with van der Waals surface area (Å²) in [4.78, 5) is 34.1. The van der Waals surface area contributed by atoms with E-state index in [1.807, 2.05) is 47.4 Å². The number of aliphatic hydroxyl groups excluding tert-OH is 1. The molecule has 0 bridgehead atoms. The van der Waals surface area contributed by atoms with Crippen LogP contribution in [0.4, 0.5) is 11.5 Å². The van der Waals surface area contributed by atoms with Crippen molar-refractivity contribution in [3.05, 3.63) is 89.6 Å². The quantitative estimate of drug-likeness (QED) is 0.451. The highest BCUT2D eigenvalue weighted by Gasteiger charge is 2.24. The number of nitrogens with one attached hydrogen (secondary N) is 2. The molecule has 8 nitrogen and oxygen atoms in total. The van der Waals surface area contributed by atoms with Gasteiger partial charge in [-0.05, 0) is 55.8 Å². The lowest BCUT2D eigenvalue weighted by Crippen LogP contribution is -2.49. The van der Waals surface area contributed by atoms with Crippen molar-refractivity contribution in [1.29, 1.82) is 0 Å². The van der Waals surface area contributed by atoms with Crippen LogP contribution in [0.3, 0.4) is 0 Å². The van der Waals surface area contributed by atoms with E-state index in [9.17, 15) is 14.7 Å². The second-order valence-electron chi connectivity index (χ2n) is 9.17. The number of carbonyl (C=O) groups excluding carboxylic acids is 2. The van der Waals surface area contributed by atoms with Gasteiger partial charge in [-0.1, -0.05) is 30.3 Å². The molecule has 36 heavy (non-hydrogen) atoms. The van der Waals surface area contributed by atoms with Gasteiger partial charge in [-0.25, -0.2) is 4.98 Å². The lowest BCUT2D eigenvalue weighted by atomic mass is 10.1. The Morgan fingerprint density at radius 3 is 2.25 bits per heavy atom. The summed E-state index contributed by atoms with van der Waals surface area (Å²) in [6, 6.07) is 20.1. The van der Waals surface area contributed by atoms with Crippen LogP contribution in [-0.2, 0) is 0 Å². The van der Waals surface area contributed by atoms with Crippen molar-refractivity contribution in [2.75, 3.05) is 42.9 Å². The van der Waals surface area contributed by atoms with Gasteiger partial charge in [0.25, 0.3) is 11.8 Å². The van der Waals surface area contributed by atoms with Crippen LogP contribution in [0.15, 0.2) is 72.9 Å². The van der Waals surface area contributed by atoms with Gasteiger partial charge < -0.3 is 25.5 Å². The monoisotopic (exact) mass is 487 g/mol. The van der Waals surface area contributed by atoms with Gasteiger partial charge in [0, 0.05) is 56.1 Å². The van der Waals surface area contributed by atoms with E-state index in [1.54, 1.807) is 30.5 Å². The summed E-state index contributed by atoms with van der Waals surface area (Å²) >= 11 is 0. The average Bonchev–Trinajstić information content (AvgIpc) is 2.92. The van der Waals surface area contributed by atoms with Gasteiger partial charge in [-0.3, -0.25) is 9.59 Å². The first-order chi connectivity index (χ1) is 17.4. The smallest absolute Gasteiger partial charge is 0.253 e. The Morgan fingerprint density at radius 1 is 0.917 bits per heavy atom. The van der Waals surface area contributed by atoms with Crippen molar-refractivity contribution >= 4 is 23.3 Å². The molecule has 8 heteroatoms. The number of piperazine rings is 1. The minimum Gasteiger partial charge on any atom is -0.387 e. The molecule has 2 aromatic carbocycles. The number of benzene rings is 2. The number of hydrogen-bond donors (Lipinski definition) is 3. The van der Waals surface area contributed by atoms with Crippen LogP contribution in [0.2, 0.25) is 0 Å². The predicted octanol–water partition coefficient (Wildman–Crippen LogP) is 3.33. The minimum absolute atomic E-state index is 0.0531. The largest absolute Gasteiger partial charge is 0.387 e. The van der Waals surface area contributed by atoms with Crippen molar-refractivity contribution in [3.63, 3.8) is 0 Å². The molecule has 1 saturated heterocycles. The normalized spacial score (nSPS) is 14.4. The summed E-state index contributed by atoms with van der Waals surface area (Å²) < 4.78 is 0. The van der Waals surface area contributed by atoms with E-state index < -0.39 is 6.10 Å². The zero-order valence-corrected chi connectivity index (χ0v) is 20.7. The van der Waals surface area contributed by atoms with Gasteiger partial charge in [-0.15, -0.1) is 0 Å². The molecule has 1 aromatic heterocycles. The van der Waals surface area contributed by atoms with Crippen LogP contribution in [0.1, 0.15) is 46.2 Å². The van der Waals surface area contributed by atoms with Crippen molar-refractivity contribution in [3.8, 4) is 0 Å². The fourth-order valence-electron chi connectivity index (χ4n) is 4.23. The second kappa shape index (κ2) is 11.7. The van der Waals surface area contributed by atoms with Crippen molar-refractivity contribution in [2.45, 2.75) is 26.0 Å². The van der Waals surface area contributed by atoms with E-state index in [1.165, 1.54) is 0 Å². The first kappa shape index (κ1) is 25.2. The van der Waals surface area contributed by atoms with Gasteiger partial charge in [0.1, 0.15) is 0 Å². The molecule has 3 N–H and O–H groups in total. The SMILES string of the molecule is CC(C)Nc1cccnc1N1CCN(C(=O)c2ccc(C(=O)NCC(O)c3ccccc3)cc2)CC1. The van der Waals surface area contributed by atoms with E-state index in [0.717, 1.165) is 17.1 Å². The van der Waals surface area contributed by atoms with Crippen LogP contribution in [0, 0.1) is 0 Å². The Hall–Kier alpha value is -3.91. The fraction of sp³-hybridized carbons (Fsp3) is 0.321. The number of nitrogens with zero attached hydrogens (tertiary/aromatic N) is 3. The van der Waals surface area contributed by atoms with Gasteiger partial charge in [0.15, 0.2) is 5.82 Å². The Balaban J connectivity index is 1.30. The van der Waals surface area contributed by atoms with Crippen LogP contribution in [0.25, 0.3) is 0 Å². The van der Waals surface area contributed by atoms with Crippen LogP contribution < -0.4 is 15.5 Å². The number of aliphatic hydroxyl groups is 1. The first-order valence-electron chi connectivity index (χ1n) is 12.3. The highest BCUT2D eigenvalue weighted by atomic mass is 16.3. The van der Waals surface area contributed by atoms with E-state index in [0.29, 0.717) is 43.3 Å². The Labute approximate surface area is 212 Å². The lowest BCUT2D eigenvalue weighted by molar-refractivity contribution is 0.0746. The highest BCUT2D eigenvalue weighted by molar-refractivity contribution is 5.98. The van der Waals surface area contributed by atoms with Gasteiger partial charge >= 0.3 is 0 Å². The fourth-order valence-corrected chi connectivity index (χ4v) is 4.23. The zero-order valence-electron chi connectivity index (χ0n) is 20.7. The summed E-state index contributed by atoms with van der Waals surface area (Å²) in [7, 11) is 0. The molecule has 1 fully saturated rings. The number of amides is 2. The summed E-state index contributed by atoms with van der Waals surface area (Å²) in [5, 5.41) is 16.4. The standard InChI is InChI=1S/C28H33N5O3/c1-20(2)31-24-9-6-14-29-26(24)32-15-17-33(18-16-32)28(36)23-12-10-22(11-13-23)27(35)30-19-25(34)21-7-4-3-5-8-21/h3-14,20,25,31,34H,15-19H2,1-2H3,(H,30,35). The van der Waals surface area contributed by atoms with E-state index in [-0.39, 0.29) is 18.4 Å². The van der Waals surface area contributed by atoms with E-state index in [4.69, 9.17) is 0 Å². The molecule has 1 unspecified atom stereocenters. The number of aromatic nitrogens is 1. The predicted molar refractivity (Wildman–Crippen MR) is 141 cm³/mol. The molecule has 0 radical (unpaired) electrons. The molecular formula is C28H33N5O3. The van der Waals surface area contributed by atoms with Crippen molar-refractivity contribution in [2.24, 2.45) is 0 Å². The van der Waals surface area contributed by atoms with Gasteiger partial charge in [0.2, 0.25) is 0 Å². The lowest BCUT2D eigenvalue weighted by Gasteiger charge is -2.36. The van der Waals surface area contributed by atoms with Crippen LogP contribution >= 0.6 is 0 Å². The van der Waals surface area contributed by atoms with E-state index >= 15 is 0 Å². The molecule has 0 aliphatic carbocycles. The number of carbonyl (C=O) groups is 2. The molecule has 4 rings (SSSR count). The number of anilines is 2. The molecule has 2 heterocycles. The number of hydrogen-bond acceptors (Lipinski definition) is 6. The third-order valence-corrected chi connectivity index (χ3v) is 6.13. The molecule has 1 atom stereocenters. The summed E-state index contributed by atoms with van der Waals surface area (Å²) in [5.41, 5.74) is 2.73. The van der Waals surface area contributed by atoms with Crippen molar-refractivity contribution < 1.29 is 14.7 Å². The Bertz CT molecular complexity index is 1160. The first-order valence-corrected chi connectivity index (χ1v) is 12.3. The second-order valence-corrected chi connectivity index (χ2v) is 9.17. The van der Waals surface area contributed by atoms with Gasteiger partial charge in [0.05, 0.1) is 11.8 Å². The maximum atomic E-state index is 13.1.